The third-order valence-corrected chi connectivity index (χ3v) is 5.68. The van der Waals surface area contributed by atoms with Crippen molar-refractivity contribution in [3.63, 3.8) is 0 Å². The molecule has 1 aliphatic heterocycles. The van der Waals surface area contributed by atoms with Gasteiger partial charge in [0.05, 0.1) is 25.5 Å². The van der Waals surface area contributed by atoms with Gasteiger partial charge in [-0.3, -0.25) is 4.79 Å². The minimum Gasteiger partial charge on any atom is -0.493 e. The van der Waals surface area contributed by atoms with Crippen molar-refractivity contribution in [2.75, 3.05) is 50.1 Å². The van der Waals surface area contributed by atoms with Gasteiger partial charge in [0.2, 0.25) is 11.8 Å². The second-order valence-electron chi connectivity index (χ2n) is 8.15. The van der Waals surface area contributed by atoms with Crippen LogP contribution in [0, 0.1) is 6.92 Å². The molecule has 35 heavy (non-hydrogen) atoms. The van der Waals surface area contributed by atoms with Crippen LogP contribution in [0.4, 0.5) is 16.2 Å². The number of methoxy groups -OCH3 is 1. The molecule has 0 radical (unpaired) electrons. The minimum absolute atomic E-state index is 0.0704. The number of carbonyl (C=O) groups excluding carboxylic acids is 2. The molecule has 1 fully saturated rings. The van der Waals surface area contributed by atoms with Crippen molar-refractivity contribution in [1.29, 1.82) is 0 Å². The van der Waals surface area contributed by atoms with Gasteiger partial charge in [0.15, 0.2) is 11.5 Å². The standard InChI is InChI=1S/C26H29N5O4/c1-19-8-10-22(23(16-19)34-2)35-24-11-9-20(17-27-24)29-26(33)28-18-25(32)31-14-12-30(13-15-31)21-6-4-3-5-7-21/h3-11,16-17H,12-15,18H2,1-2H3,(H2,28,29,33). The number of anilines is 2. The number of urea groups is 1. The molecule has 182 valence electrons. The average molecular weight is 476 g/mol. The number of hydrogen-bond donors (Lipinski definition) is 2. The number of nitrogens with zero attached hydrogens (tertiary/aromatic N) is 3. The maximum Gasteiger partial charge on any atom is 0.319 e. The van der Waals surface area contributed by atoms with E-state index in [1.165, 1.54) is 6.20 Å². The van der Waals surface area contributed by atoms with Crippen molar-refractivity contribution in [2.45, 2.75) is 6.92 Å². The highest BCUT2D eigenvalue weighted by atomic mass is 16.5. The van der Waals surface area contributed by atoms with E-state index >= 15 is 0 Å². The van der Waals surface area contributed by atoms with E-state index in [0.29, 0.717) is 36.2 Å². The first-order chi connectivity index (χ1) is 17.0. The Labute approximate surface area is 204 Å². The summed E-state index contributed by atoms with van der Waals surface area (Å²) in [6, 6.07) is 18.6. The average Bonchev–Trinajstić information content (AvgIpc) is 2.90. The largest absolute Gasteiger partial charge is 0.493 e. The number of pyridine rings is 1. The second kappa shape index (κ2) is 11.2. The zero-order valence-corrected chi connectivity index (χ0v) is 19.9. The fourth-order valence-corrected chi connectivity index (χ4v) is 3.78. The molecular formula is C26H29N5O4. The van der Waals surface area contributed by atoms with Gasteiger partial charge in [-0.2, -0.15) is 0 Å². The number of nitrogens with one attached hydrogen (secondary N) is 2. The van der Waals surface area contributed by atoms with Crippen LogP contribution in [0.1, 0.15) is 5.56 Å². The summed E-state index contributed by atoms with van der Waals surface area (Å²) in [5, 5.41) is 5.29. The molecule has 4 rings (SSSR count). The van der Waals surface area contributed by atoms with E-state index in [9.17, 15) is 9.59 Å². The van der Waals surface area contributed by atoms with Crippen LogP contribution in [-0.4, -0.2) is 61.7 Å². The summed E-state index contributed by atoms with van der Waals surface area (Å²) in [5.74, 6) is 1.41. The lowest BCUT2D eigenvalue weighted by Crippen LogP contribution is -2.51. The monoisotopic (exact) mass is 475 g/mol. The number of aromatic nitrogens is 1. The van der Waals surface area contributed by atoms with Gasteiger partial charge in [0.1, 0.15) is 0 Å². The van der Waals surface area contributed by atoms with Crippen molar-refractivity contribution in [2.24, 2.45) is 0 Å². The number of hydrogen-bond acceptors (Lipinski definition) is 6. The molecule has 2 heterocycles. The summed E-state index contributed by atoms with van der Waals surface area (Å²) >= 11 is 0. The lowest BCUT2D eigenvalue weighted by molar-refractivity contribution is -0.130. The van der Waals surface area contributed by atoms with Crippen molar-refractivity contribution < 1.29 is 19.1 Å². The first-order valence-corrected chi connectivity index (χ1v) is 11.4. The fraction of sp³-hybridized carbons (Fsp3) is 0.269. The van der Waals surface area contributed by atoms with E-state index in [4.69, 9.17) is 9.47 Å². The van der Waals surface area contributed by atoms with Crippen LogP contribution in [0.25, 0.3) is 0 Å². The molecule has 3 aromatic rings. The third kappa shape index (κ3) is 6.41. The fourth-order valence-electron chi connectivity index (χ4n) is 3.78. The van der Waals surface area contributed by atoms with Gasteiger partial charge in [0, 0.05) is 37.9 Å². The van der Waals surface area contributed by atoms with E-state index in [-0.39, 0.29) is 12.5 Å². The Bertz CT molecular complexity index is 1150. The highest BCUT2D eigenvalue weighted by molar-refractivity contribution is 5.92. The summed E-state index contributed by atoms with van der Waals surface area (Å²) in [6.07, 6.45) is 1.49. The quantitative estimate of drug-likeness (QED) is 0.542. The van der Waals surface area contributed by atoms with Crippen molar-refractivity contribution in [3.05, 3.63) is 72.4 Å². The van der Waals surface area contributed by atoms with Crippen LogP contribution in [0.2, 0.25) is 0 Å². The third-order valence-electron chi connectivity index (χ3n) is 5.68. The van der Waals surface area contributed by atoms with E-state index < -0.39 is 6.03 Å². The summed E-state index contributed by atoms with van der Waals surface area (Å²) in [6.45, 7) is 4.66. The summed E-state index contributed by atoms with van der Waals surface area (Å²) in [5.41, 5.74) is 2.69. The molecule has 0 spiro atoms. The van der Waals surface area contributed by atoms with Crippen LogP contribution in [0.15, 0.2) is 66.9 Å². The van der Waals surface area contributed by atoms with Gasteiger partial charge in [0.25, 0.3) is 0 Å². The SMILES string of the molecule is COc1cc(C)ccc1Oc1ccc(NC(=O)NCC(=O)N2CCN(c3ccccc3)CC2)cn1. The van der Waals surface area contributed by atoms with Gasteiger partial charge < -0.3 is 29.9 Å². The summed E-state index contributed by atoms with van der Waals surface area (Å²) in [4.78, 5) is 33.0. The number of amides is 3. The lowest BCUT2D eigenvalue weighted by Gasteiger charge is -2.36. The Balaban J connectivity index is 1.21. The Morgan fingerprint density at radius 2 is 1.74 bits per heavy atom. The summed E-state index contributed by atoms with van der Waals surface area (Å²) in [7, 11) is 1.58. The first kappa shape index (κ1) is 23.9. The van der Waals surface area contributed by atoms with Gasteiger partial charge in [-0.25, -0.2) is 9.78 Å². The predicted octanol–water partition coefficient (Wildman–Crippen LogP) is 3.66. The molecule has 9 heteroatoms. The van der Waals surface area contributed by atoms with Crippen LogP contribution in [0.5, 0.6) is 17.4 Å². The maximum absolute atomic E-state index is 12.5. The number of ether oxygens (including phenoxy) is 2. The van der Waals surface area contributed by atoms with Crippen molar-refractivity contribution in [1.82, 2.24) is 15.2 Å². The number of rotatable bonds is 7. The highest BCUT2D eigenvalue weighted by Crippen LogP contribution is 2.31. The Morgan fingerprint density at radius 3 is 2.43 bits per heavy atom. The molecule has 1 saturated heterocycles. The molecular weight excluding hydrogens is 446 g/mol. The minimum atomic E-state index is -0.475. The molecule has 2 aromatic carbocycles. The molecule has 1 aromatic heterocycles. The molecule has 0 atom stereocenters. The molecule has 2 N–H and O–H groups in total. The second-order valence-corrected chi connectivity index (χ2v) is 8.15. The smallest absolute Gasteiger partial charge is 0.319 e. The first-order valence-electron chi connectivity index (χ1n) is 11.4. The van der Waals surface area contributed by atoms with Gasteiger partial charge in [-0.15, -0.1) is 0 Å². The molecule has 0 aliphatic carbocycles. The van der Waals surface area contributed by atoms with E-state index in [0.717, 1.165) is 24.3 Å². The normalized spacial score (nSPS) is 13.2. The van der Waals surface area contributed by atoms with E-state index in [1.807, 2.05) is 43.3 Å². The highest BCUT2D eigenvalue weighted by Gasteiger charge is 2.21. The zero-order chi connectivity index (χ0) is 24.6. The maximum atomic E-state index is 12.5. The molecule has 9 nitrogen and oxygen atoms in total. The van der Waals surface area contributed by atoms with Crippen LogP contribution in [-0.2, 0) is 4.79 Å². The van der Waals surface area contributed by atoms with Crippen LogP contribution in [0.3, 0.4) is 0 Å². The van der Waals surface area contributed by atoms with Gasteiger partial charge in [-0.05, 0) is 42.8 Å². The molecule has 0 unspecified atom stereocenters. The van der Waals surface area contributed by atoms with Crippen LogP contribution >= 0.6 is 0 Å². The number of benzene rings is 2. The number of carbonyl (C=O) groups is 2. The lowest BCUT2D eigenvalue weighted by atomic mass is 10.2. The zero-order valence-electron chi connectivity index (χ0n) is 19.9. The molecule has 3 amide bonds. The molecule has 0 saturated carbocycles. The number of para-hydroxylation sites is 1. The summed E-state index contributed by atoms with van der Waals surface area (Å²) < 4.78 is 11.1. The van der Waals surface area contributed by atoms with Crippen LogP contribution < -0.4 is 25.0 Å². The predicted molar refractivity (Wildman–Crippen MR) is 134 cm³/mol. The number of aryl methyl sites for hydroxylation is 1. The Kier molecular flexibility index (Phi) is 7.67. The van der Waals surface area contributed by atoms with Crippen molar-refractivity contribution in [3.8, 4) is 17.4 Å². The van der Waals surface area contributed by atoms with Gasteiger partial charge in [-0.1, -0.05) is 24.3 Å². The number of piperazine rings is 1. The topological polar surface area (TPSA) is 96.0 Å². The molecule has 1 aliphatic rings. The van der Waals surface area contributed by atoms with Crippen molar-refractivity contribution >= 4 is 23.3 Å². The Morgan fingerprint density at radius 1 is 0.971 bits per heavy atom. The van der Waals surface area contributed by atoms with E-state index in [2.05, 4.69) is 32.7 Å². The van der Waals surface area contributed by atoms with Gasteiger partial charge >= 0.3 is 6.03 Å². The Hall–Kier alpha value is -4.27. The molecule has 0 bridgehead atoms. The van der Waals surface area contributed by atoms with E-state index in [1.54, 1.807) is 24.1 Å².